The number of aryl methyl sites for hydroxylation is 1. The Balaban J connectivity index is 3.29. The number of halogens is 3. The Hall–Kier alpha value is -0.790. The van der Waals surface area contributed by atoms with Crippen molar-refractivity contribution in [3.05, 3.63) is 26.6 Å². The molecule has 0 saturated heterocycles. The summed E-state index contributed by atoms with van der Waals surface area (Å²) < 4.78 is 30.8. The lowest BCUT2D eigenvalue weighted by molar-refractivity contribution is 0.0514. The van der Waals surface area contributed by atoms with Gasteiger partial charge in [0.05, 0.1) is 17.7 Å². The van der Waals surface area contributed by atoms with E-state index in [9.17, 15) is 13.6 Å². The number of carbonyl (C=O) groups excluding carboxylic acids is 1. The van der Waals surface area contributed by atoms with Crippen molar-refractivity contribution in [2.45, 2.75) is 20.3 Å². The van der Waals surface area contributed by atoms with Gasteiger partial charge in [0.2, 0.25) is 0 Å². The molecular weight excluding hydrogens is 331 g/mol. The third kappa shape index (κ3) is 2.87. The van der Waals surface area contributed by atoms with Gasteiger partial charge in [0.15, 0.2) is 0 Å². The van der Waals surface area contributed by atoms with Crippen LogP contribution in [0.1, 0.15) is 35.0 Å². The number of rotatable bonds is 3. The number of esters is 1. The molecular formula is C10H10F2INO2. The lowest BCUT2D eigenvalue weighted by atomic mass is 10.1. The van der Waals surface area contributed by atoms with E-state index in [-0.39, 0.29) is 23.4 Å². The summed E-state index contributed by atoms with van der Waals surface area (Å²) in [7, 11) is 0. The third-order valence-electron chi connectivity index (χ3n) is 1.93. The molecule has 0 aliphatic heterocycles. The molecule has 1 rings (SSSR count). The van der Waals surface area contributed by atoms with E-state index in [2.05, 4.69) is 4.98 Å². The standard InChI is InChI=1S/C10H10F2INO2/c1-3-16-10(15)6-4-7(13)14-5(2)8(6)9(11)12/h4,9H,3H2,1-2H3. The highest BCUT2D eigenvalue weighted by atomic mass is 127. The molecule has 16 heavy (non-hydrogen) atoms. The summed E-state index contributed by atoms with van der Waals surface area (Å²) in [4.78, 5) is 15.4. The van der Waals surface area contributed by atoms with Gasteiger partial charge in [0.1, 0.15) is 3.70 Å². The average molecular weight is 341 g/mol. The van der Waals surface area contributed by atoms with E-state index in [1.165, 1.54) is 13.0 Å². The molecule has 0 aromatic carbocycles. The second kappa shape index (κ2) is 5.51. The van der Waals surface area contributed by atoms with Crippen LogP contribution >= 0.6 is 22.6 Å². The number of pyridine rings is 1. The summed E-state index contributed by atoms with van der Waals surface area (Å²) in [6.07, 6.45) is -2.73. The molecule has 6 heteroatoms. The van der Waals surface area contributed by atoms with E-state index in [4.69, 9.17) is 4.74 Å². The van der Waals surface area contributed by atoms with E-state index in [0.717, 1.165) is 0 Å². The molecule has 1 heterocycles. The number of aromatic nitrogens is 1. The molecule has 3 nitrogen and oxygen atoms in total. The molecule has 0 N–H and O–H groups in total. The van der Waals surface area contributed by atoms with Crippen molar-refractivity contribution in [1.82, 2.24) is 4.98 Å². The minimum atomic E-state index is -2.73. The van der Waals surface area contributed by atoms with Crippen LogP contribution in [0.2, 0.25) is 0 Å². The normalized spacial score (nSPS) is 10.6. The van der Waals surface area contributed by atoms with Crippen LogP contribution in [0.3, 0.4) is 0 Å². The molecule has 0 aliphatic carbocycles. The van der Waals surface area contributed by atoms with E-state index in [1.54, 1.807) is 6.92 Å². The molecule has 1 aromatic rings. The zero-order valence-electron chi connectivity index (χ0n) is 8.76. The van der Waals surface area contributed by atoms with E-state index in [1.807, 2.05) is 22.6 Å². The van der Waals surface area contributed by atoms with Crippen molar-refractivity contribution < 1.29 is 18.3 Å². The quantitative estimate of drug-likeness (QED) is 0.482. The second-order valence-corrected chi connectivity index (χ2v) is 4.12. The lowest BCUT2D eigenvalue weighted by Crippen LogP contribution is -2.11. The predicted octanol–water partition coefficient (Wildman–Crippen LogP) is 3.11. The maximum Gasteiger partial charge on any atom is 0.338 e. The highest BCUT2D eigenvalue weighted by Gasteiger charge is 2.23. The Morgan fingerprint density at radius 1 is 1.62 bits per heavy atom. The van der Waals surface area contributed by atoms with Crippen LogP contribution in [0.5, 0.6) is 0 Å². The molecule has 88 valence electrons. The Morgan fingerprint density at radius 3 is 2.75 bits per heavy atom. The van der Waals surface area contributed by atoms with Crippen molar-refractivity contribution in [2.24, 2.45) is 0 Å². The minimum absolute atomic E-state index is 0.103. The number of alkyl halides is 2. The van der Waals surface area contributed by atoms with Gasteiger partial charge in [0.25, 0.3) is 6.43 Å². The molecule has 1 aromatic heterocycles. The van der Waals surface area contributed by atoms with Gasteiger partial charge in [-0.1, -0.05) is 0 Å². The molecule has 0 aliphatic rings. The largest absolute Gasteiger partial charge is 0.462 e. The van der Waals surface area contributed by atoms with Crippen LogP contribution in [0, 0.1) is 10.6 Å². The smallest absolute Gasteiger partial charge is 0.338 e. The van der Waals surface area contributed by atoms with E-state index < -0.39 is 12.4 Å². The topological polar surface area (TPSA) is 39.2 Å². The highest BCUT2D eigenvalue weighted by Crippen LogP contribution is 2.27. The maximum absolute atomic E-state index is 12.8. The van der Waals surface area contributed by atoms with Crippen LogP contribution in [0.15, 0.2) is 6.07 Å². The summed E-state index contributed by atoms with van der Waals surface area (Å²) in [5, 5.41) is 0. The maximum atomic E-state index is 12.8. The molecule has 0 amide bonds. The predicted molar refractivity (Wildman–Crippen MR) is 62.6 cm³/mol. The Kier molecular flexibility index (Phi) is 4.57. The first kappa shape index (κ1) is 13.3. The van der Waals surface area contributed by atoms with Gasteiger partial charge in [-0.15, -0.1) is 0 Å². The van der Waals surface area contributed by atoms with Gasteiger partial charge < -0.3 is 4.74 Å². The molecule has 0 unspecified atom stereocenters. The van der Waals surface area contributed by atoms with Gasteiger partial charge in [-0.2, -0.15) is 0 Å². The SMILES string of the molecule is CCOC(=O)c1cc(I)nc(C)c1C(F)F. The van der Waals surface area contributed by atoms with Gasteiger partial charge in [-0.05, 0) is 42.5 Å². The summed E-state index contributed by atoms with van der Waals surface area (Å²) in [6, 6.07) is 1.31. The van der Waals surface area contributed by atoms with Crippen molar-refractivity contribution in [2.75, 3.05) is 6.61 Å². The average Bonchev–Trinajstić information content (AvgIpc) is 2.15. The summed E-state index contributed by atoms with van der Waals surface area (Å²) in [5.41, 5.74) is -0.294. The summed E-state index contributed by atoms with van der Waals surface area (Å²) >= 11 is 1.87. The fourth-order valence-corrected chi connectivity index (χ4v) is 1.97. The summed E-state index contributed by atoms with van der Waals surface area (Å²) in [6.45, 7) is 3.23. The van der Waals surface area contributed by atoms with E-state index in [0.29, 0.717) is 3.70 Å². The Morgan fingerprint density at radius 2 is 2.25 bits per heavy atom. The van der Waals surface area contributed by atoms with Gasteiger partial charge in [0, 0.05) is 5.69 Å². The molecule has 0 bridgehead atoms. The number of carbonyl (C=O) groups is 1. The third-order valence-corrected chi connectivity index (χ3v) is 2.48. The minimum Gasteiger partial charge on any atom is -0.462 e. The Labute approximate surface area is 105 Å². The first-order valence-corrected chi connectivity index (χ1v) is 5.67. The molecule has 0 fully saturated rings. The zero-order valence-corrected chi connectivity index (χ0v) is 10.9. The number of nitrogens with zero attached hydrogens (tertiary/aromatic N) is 1. The van der Waals surface area contributed by atoms with Crippen LogP contribution in [-0.2, 0) is 4.74 Å². The van der Waals surface area contributed by atoms with Crippen molar-refractivity contribution in [3.63, 3.8) is 0 Å². The number of ether oxygens (including phenoxy) is 1. The number of hydrogen-bond acceptors (Lipinski definition) is 3. The monoisotopic (exact) mass is 341 g/mol. The molecule has 0 radical (unpaired) electrons. The summed E-state index contributed by atoms with van der Waals surface area (Å²) in [5.74, 6) is -0.735. The molecule has 0 saturated carbocycles. The number of hydrogen-bond donors (Lipinski definition) is 0. The van der Waals surface area contributed by atoms with Crippen molar-refractivity contribution >= 4 is 28.6 Å². The van der Waals surface area contributed by atoms with Gasteiger partial charge >= 0.3 is 5.97 Å². The van der Waals surface area contributed by atoms with Crippen LogP contribution < -0.4 is 0 Å². The van der Waals surface area contributed by atoms with Crippen molar-refractivity contribution in [3.8, 4) is 0 Å². The lowest BCUT2D eigenvalue weighted by Gasteiger charge is -2.10. The highest BCUT2D eigenvalue weighted by molar-refractivity contribution is 14.1. The first-order chi connectivity index (χ1) is 7.47. The van der Waals surface area contributed by atoms with Crippen LogP contribution in [0.25, 0.3) is 0 Å². The fraction of sp³-hybridized carbons (Fsp3) is 0.400. The van der Waals surface area contributed by atoms with Crippen molar-refractivity contribution in [1.29, 1.82) is 0 Å². The fourth-order valence-electron chi connectivity index (χ4n) is 1.30. The van der Waals surface area contributed by atoms with Gasteiger partial charge in [-0.3, -0.25) is 0 Å². The van der Waals surface area contributed by atoms with Crippen LogP contribution in [0.4, 0.5) is 8.78 Å². The zero-order chi connectivity index (χ0) is 12.3. The van der Waals surface area contributed by atoms with Crippen LogP contribution in [-0.4, -0.2) is 17.6 Å². The molecule has 0 spiro atoms. The Bertz CT molecular complexity index is 410. The molecule has 0 atom stereocenters. The van der Waals surface area contributed by atoms with Gasteiger partial charge in [-0.25, -0.2) is 18.6 Å². The van der Waals surface area contributed by atoms with E-state index >= 15 is 0 Å². The second-order valence-electron chi connectivity index (χ2n) is 3.01. The first-order valence-electron chi connectivity index (χ1n) is 4.59.